The highest BCUT2D eigenvalue weighted by atomic mass is 32.1. The van der Waals surface area contributed by atoms with Crippen LogP contribution in [0.5, 0.6) is 11.5 Å². The standard InChI is InChI=1S/C27H35N3O7S/c1-26-7-6-21(32)27(2,13-31)20(26)10-19-24(30-25(38-19)29-23(34)12-35-3)16(26)9-22(33)28-11-15-4-5-17-18(8-15)37-14-36-17/h4-5,8,16,20-21,31-32H,6-7,9-14H2,1-3H3,(H,28,33)(H,29,30,34). The van der Waals surface area contributed by atoms with Gasteiger partial charge in [0.05, 0.1) is 18.4 Å². The zero-order valence-electron chi connectivity index (χ0n) is 21.9. The van der Waals surface area contributed by atoms with Crippen LogP contribution < -0.4 is 20.1 Å². The smallest absolute Gasteiger partial charge is 0.252 e. The third kappa shape index (κ3) is 4.76. The van der Waals surface area contributed by atoms with Gasteiger partial charge in [-0.3, -0.25) is 14.9 Å². The Kier molecular flexibility index (Phi) is 7.38. The Morgan fingerprint density at radius 3 is 2.79 bits per heavy atom. The molecular weight excluding hydrogens is 510 g/mol. The molecule has 0 saturated heterocycles. The summed E-state index contributed by atoms with van der Waals surface area (Å²) in [6.07, 6.45) is 1.43. The molecule has 2 aromatic rings. The molecule has 0 spiro atoms. The minimum atomic E-state index is -0.713. The molecule has 5 rings (SSSR count). The van der Waals surface area contributed by atoms with Gasteiger partial charge in [-0.05, 0) is 48.3 Å². The van der Waals surface area contributed by atoms with Crippen molar-refractivity contribution >= 4 is 28.3 Å². The highest BCUT2D eigenvalue weighted by Crippen LogP contribution is 2.62. The number of fused-ring (bicyclic) bond motifs is 3. The van der Waals surface area contributed by atoms with Crippen molar-refractivity contribution in [1.29, 1.82) is 0 Å². The summed E-state index contributed by atoms with van der Waals surface area (Å²) < 4.78 is 15.7. The zero-order chi connectivity index (χ0) is 27.1. The number of aromatic nitrogens is 1. The Labute approximate surface area is 225 Å². The summed E-state index contributed by atoms with van der Waals surface area (Å²) in [5, 5.41) is 27.6. The van der Waals surface area contributed by atoms with Crippen LogP contribution in [0.2, 0.25) is 0 Å². The van der Waals surface area contributed by atoms with E-state index in [9.17, 15) is 19.8 Å². The Hall–Kier alpha value is -2.73. The Balaban J connectivity index is 1.40. The highest BCUT2D eigenvalue weighted by molar-refractivity contribution is 7.15. The largest absolute Gasteiger partial charge is 0.454 e. The second-order valence-corrected chi connectivity index (χ2v) is 12.1. The van der Waals surface area contributed by atoms with E-state index >= 15 is 0 Å². The van der Waals surface area contributed by atoms with Gasteiger partial charge in [-0.15, -0.1) is 11.3 Å². The van der Waals surface area contributed by atoms with Crippen LogP contribution in [0.4, 0.5) is 5.13 Å². The van der Waals surface area contributed by atoms with Crippen LogP contribution >= 0.6 is 11.3 Å². The number of rotatable bonds is 8. The molecule has 10 nitrogen and oxygen atoms in total. The van der Waals surface area contributed by atoms with Crippen LogP contribution in [-0.4, -0.2) is 60.2 Å². The molecule has 206 valence electrons. The summed E-state index contributed by atoms with van der Waals surface area (Å²) in [7, 11) is 1.46. The molecule has 11 heteroatoms. The molecule has 1 fully saturated rings. The maximum atomic E-state index is 13.3. The third-order valence-electron chi connectivity index (χ3n) is 8.73. The second kappa shape index (κ2) is 10.4. The van der Waals surface area contributed by atoms with Gasteiger partial charge in [-0.1, -0.05) is 19.9 Å². The van der Waals surface area contributed by atoms with E-state index in [2.05, 4.69) is 17.6 Å². The van der Waals surface area contributed by atoms with E-state index in [4.69, 9.17) is 19.2 Å². The van der Waals surface area contributed by atoms with Gasteiger partial charge in [0.15, 0.2) is 16.6 Å². The number of nitrogens with one attached hydrogen (secondary N) is 2. The summed E-state index contributed by atoms with van der Waals surface area (Å²) in [5.74, 6) is 0.642. The lowest BCUT2D eigenvalue weighted by atomic mass is 9.47. The first-order valence-electron chi connectivity index (χ1n) is 12.9. The molecule has 5 unspecified atom stereocenters. The molecule has 1 aliphatic heterocycles. The summed E-state index contributed by atoms with van der Waals surface area (Å²) in [4.78, 5) is 31.3. The van der Waals surface area contributed by atoms with Gasteiger partial charge in [0.25, 0.3) is 5.91 Å². The number of aliphatic hydroxyl groups is 2. The number of ether oxygens (including phenoxy) is 3. The number of hydrogen-bond acceptors (Lipinski definition) is 9. The fraction of sp³-hybridized carbons (Fsp3) is 0.593. The molecular formula is C27H35N3O7S. The molecule has 1 saturated carbocycles. The van der Waals surface area contributed by atoms with E-state index < -0.39 is 11.5 Å². The van der Waals surface area contributed by atoms with E-state index in [-0.39, 0.29) is 55.5 Å². The van der Waals surface area contributed by atoms with Crippen molar-refractivity contribution in [2.45, 2.75) is 58.1 Å². The van der Waals surface area contributed by atoms with E-state index in [1.54, 1.807) is 0 Å². The number of nitrogens with zero attached hydrogens (tertiary/aromatic N) is 1. The summed E-state index contributed by atoms with van der Waals surface area (Å²) in [6, 6.07) is 5.60. The lowest BCUT2D eigenvalue weighted by Crippen LogP contribution is -2.57. The Morgan fingerprint density at radius 2 is 2.03 bits per heavy atom. The van der Waals surface area contributed by atoms with E-state index in [0.717, 1.165) is 16.1 Å². The van der Waals surface area contributed by atoms with Crippen LogP contribution in [-0.2, 0) is 27.3 Å². The van der Waals surface area contributed by atoms with Crippen molar-refractivity contribution in [2.75, 3.05) is 32.4 Å². The van der Waals surface area contributed by atoms with Gasteiger partial charge < -0.3 is 29.7 Å². The van der Waals surface area contributed by atoms with Gasteiger partial charge in [-0.25, -0.2) is 4.98 Å². The monoisotopic (exact) mass is 545 g/mol. The number of amides is 2. The number of carbonyl (C=O) groups excluding carboxylic acids is 2. The van der Waals surface area contributed by atoms with Crippen LogP contribution in [0, 0.1) is 16.7 Å². The maximum Gasteiger partial charge on any atom is 0.252 e. The lowest BCUT2D eigenvalue weighted by Gasteiger charge is -2.58. The van der Waals surface area contributed by atoms with Crippen molar-refractivity contribution in [1.82, 2.24) is 10.3 Å². The number of benzene rings is 1. The normalized spacial score (nSPS) is 29.3. The number of methoxy groups -OCH3 is 1. The van der Waals surface area contributed by atoms with E-state index in [0.29, 0.717) is 42.4 Å². The van der Waals surface area contributed by atoms with Gasteiger partial charge in [0.2, 0.25) is 12.7 Å². The lowest BCUT2D eigenvalue weighted by molar-refractivity contribution is -0.144. The van der Waals surface area contributed by atoms with Crippen LogP contribution in [0.15, 0.2) is 18.2 Å². The summed E-state index contributed by atoms with van der Waals surface area (Å²) >= 11 is 1.39. The molecule has 4 N–H and O–H groups in total. The maximum absolute atomic E-state index is 13.3. The number of anilines is 1. The van der Waals surface area contributed by atoms with Crippen molar-refractivity contribution in [3.05, 3.63) is 34.3 Å². The number of hydrogen-bond donors (Lipinski definition) is 4. The molecule has 0 radical (unpaired) electrons. The molecule has 38 heavy (non-hydrogen) atoms. The average Bonchev–Trinajstić information content (AvgIpc) is 3.52. The zero-order valence-corrected chi connectivity index (χ0v) is 22.7. The summed E-state index contributed by atoms with van der Waals surface area (Å²) in [6.45, 7) is 4.40. The van der Waals surface area contributed by atoms with Crippen molar-refractivity contribution in [2.24, 2.45) is 16.7 Å². The van der Waals surface area contributed by atoms with Gasteiger partial charge in [0.1, 0.15) is 6.61 Å². The van der Waals surface area contributed by atoms with Crippen molar-refractivity contribution < 1.29 is 34.0 Å². The van der Waals surface area contributed by atoms with Crippen LogP contribution in [0.3, 0.4) is 0 Å². The molecule has 1 aromatic carbocycles. The Morgan fingerprint density at radius 1 is 1.24 bits per heavy atom. The minimum absolute atomic E-state index is 0.0640. The third-order valence-corrected chi connectivity index (χ3v) is 9.74. The first kappa shape index (κ1) is 26.9. The number of aliphatic hydroxyl groups excluding tert-OH is 2. The molecule has 3 aliphatic rings. The first-order chi connectivity index (χ1) is 18.2. The van der Waals surface area contributed by atoms with E-state index in [1.165, 1.54) is 18.4 Å². The average molecular weight is 546 g/mol. The fourth-order valence-corrected chi connectivity index (χ4v) is 7.58. The molecule has 2 amide bonds. The SMILES string of the molecule is COCC(=O)Nc1nc2c(s1)CC1C(C)(CO)C(O)CCC1(C)C2CC(=O)NCc1ccc2c(c1)OCO2. The molecule has 0 bridgehead atoms. The van der Waals surface area contributed by atoms with Crippen LogP contribution in [0.25, 0.3) is 0 Å². The molecule has 1 aromatic heterocycles. The first-order valence-corrected chi connectivity index (χ1v) is 13.7. The topological polar surface area (TPSA) is 139 Å². The van der Waals surface area contributed by atoms with Gasteiger partial charge in [0, 0.05) is 36.3 Å². The number of thiazole rings is 1. The van der Waals surface area contributed by atoms with Gasteiger partial charge in [-0.2, -0.15) is 0 Å². The fourth-order valence-electron chi connectivity index (χ4n) is 6.49. The van der Waals surface area contributed by atoms with Crippen LogP contribution in [0.1, 0.15) is 55.2 Å². The second-order valence-electron chi connectivity index (χ2n) is 11.0. The Bertz CT molecular complexity index is 1220. The van der Waals surface area contributed by atoms with E-state index in [1.807, 2.05) is 25.1 Å². The minimum Gasteiger partial charge on any atom is -0.454 e. The van der Waals surface area contributed by atoms with Crippen molar-refractivity contribution in [3.8, 4) is 11.5 Å². The summed E-state index contributed by atoms with van der Waals surface area (Å²) in [5.41, 5.74) is 0.634. The van der Waals surface area contributed by atoms with Gasteiger partial charge >= 0.3 is 0 Å². The molecule has 2 aliphatic carbocycles. The predicted octanol–water partition coefficient (Wildman–Crippen LogP) is 2.58. The molecule has 2 heterocycles. The number of carbonyl (C=O) groups is 2. The molecule has 5 atom stereocenters. The van der Waals surface area contributed by atoms with Crippen molar-refractivity contribution in [3.63, 3.8) is 0 Å². The highest BCUT2D eigenvalue weighted by Gasteiger charge is 2.59. The predicted molar refractivity (Wildman–Crippen MR) is 140 cm³/mol. The quantitative estimate of drug-likeness (QED) is 0.397.